The third-order valence-corrected chi connectivity index (χ3v) is 2.88. The van der Waals surface area contributed by atoms with Crippen LogP contribution in [0.2, 0.25) is 0 Å². The van der Waals surface area contributed by atoms with Crippen LogP contribution in [0.4, 0.5) is 5.95 Å². The zero-order chi connectivity index (χ0) is 14.7. The van der Waals surface area contributed by atoms with Crippen molar-refractivity contribution in [3.63, 3.8) is 0 Å². The van der Waals surface area contributed by atoms with Crippen LogP contribution in [0.1, 0.15) is 0 Å². The molecule has 2 aromatic heterocycles. The number of rotatable bonds is 4. The molecule has 1 N–H and O–H groups in total. The second kappa shape index (κ2) is 5.58. The molecular formula is C14H14N6O. The second-order valence-corrected chi connectivity index (χ2v) is 4.22. The molecule has 106 valence electrons. The molecule has 0 unspecified atom stereocenters. The molecule has 1 aromatic carbocycles. The molecule has 0 bridgehead atoms. The lowest BCUT2D eigenvalue weighted by molar-refractivity contribution is 0.415. The van der Waals surface area contributed by atoms with Crippen molar-refractivity contribution in [2.24, 2.45) is 0 Å². The summed E-state index contributed by atoms with van der Waals surface area (Å²) in [6, 6.07) is 9.38. The van der Waals surface area contributed by atoms with Crippen LogP contribution in [0.3, 0.4) is 0 Å². The molecule has 2 heterocycles. The number of benzene rings is 1. The topological polar surface area (TPSA) is 77.8 Å². The predicted octanol–water partition coefficient (Wildman–Crippen LogP) is 1.77. The van der Waals surface area contributed by atoms with Gasteiger partial charge in [-0.05, 0) is 18.2 Å². The van der Waals surface area contributed by atoms with Gasteiger partial charge in [-0.15, -0.1) is 0 Å². The Morgan fingerprint density at radius 3 is 2.76 bits per heavy atom. The molecule has 0 spiro atoms. The minimum atomic E-state index is 0.456. The molecule has 3 rings (SSSR count). The molecule has 7 nitrogen and oxygen atoms in total. The largest absolute Gasteiger partial charge is 0.497 e. The van der Waals surface area contributed by atoms with E-state index >= 15 is 0 Å². The Kier molecular flexibility index (Phi) is 3.46. The molecule has 0 saturated carbocycles. The Hall–Kier alpha value is -2.96. The minimum absolute atomic E-state index is 0.456. The van der Waals surface area contributed by atoms with Gasteiger partial charge in [-0.2, -0.15) is 20.1 Å². The van der Waals surface area contributed by atoms with Crippen LogP contribution in [0.25, 0.3) is 17.3 Å². The van der Waals surface area contributed by atoms with E-state index in [2.05, 4.69) is 25.4 Å². The average molecular weight is 282 g/mol. The predicted molar refractivity (Wildman–Crippen MR) is 78.5 cm³/mol. The van der Waals surface area contributed by atoms with E-state index < -0.39 is 0 Å². The summed E-state index contributed by atoms with van der Waals surface area (Å²) in [5.41, 5.74) is 0.849. The van der Waals surface area contributed by atoms with Gasteiger partial charge in [-0.25, -0.2) is 4.68 Å². The van der Waals surface area contributed by atoms with E-state index in [0.29, 0.717) is 17.7 Å². The maximum absolute atomic E-state index is 5.23. The van der Waals surface area contributed by atoms with E-state index in [1.54, 1.807) is 31.2 Å². The standard InChI is InChI=1S/C14H14N6O/c1-15-13-17-12(10-5-3-6-11(9-10)21-2)18-14(19-13)20-8-4-7-16-20/h3-9H,1-2H3,(H,15,17,18,19). The number of ether oxygens (including phenoxy) is 1. The van der Waals surface area contributed by atoms with Gasteiger partial charge in [0.25, 0.3) is 5.95 Å². The van der Waals surface area contributed by atoms with E-state index in [-0.39, 0.29) is 0 Å². The summed E-state index contributed by atoms with van der Waals surface area (Å²) in [6.07, 6.45) is 3.46. The van der Waals surface area contributed by atoms with Crippen LogP contribution in [-0.4, -0.2) is 38.9 Å². The van der Waals surface area contributed by atoms with E-state index in [9.17, 15) is 0 Å². The Bertz CT molecular complexity index is 741. The lowest BCUT2D eigenvalue weighted by Crippen LogP contribution is -2.08. The Labute approximate surface area is 121 Å². The summed E-state index contributed by atoms with van der Waals surface area (Å²) >= 11 is 0. The van der Waals surface area contributed by atoms with Crippen molar-refractivity contribution in [1.29, 1.82) is 0 Å². The second-order valence-electron chi connectivity index (χ2n) is 4.22. The maximum atomic E-state index is 5.23. The number of hydrogen-bond acceptors (Lipinski definition) is 6. The molecule has 0 aliphatic rings. The van der Waals surface area contributed by atoms with Gasteiger partial charge < -0.3 is 10.1 Å². The van der Waals surface area contributed by atoms with Gasteiger partial charge in [0.2, 0.25) is 5.95 Å². The van der Waals surface area contributed by atoms with Crippen LogP contribution < -0.4 is 10.1 Å². The number of nitrogens with zero attached hydrogens (tertiary/aromatic N) is 5. The minimum Gasteiger partial charge on any atom is -0.497 e. The highest BCUT2D eigenvalue weighted by molar-refractivity contribution is 5.59. The summed E-state index contributed by atoms with van der Waals surface area (Å²) in [5.74, 6) is 2.24. The molecular weight excluding hydrogens is 268 g/mol. The van der Waals surface area contributed by atoms with Crippen molar-refractivity contribution in [1.82, 2.24) is 24.7 Å². The zero-order valence-corrected chi connectivity index (χ0v) is 11.7. The highest BCUT2D eigenvalue weighted by Crippen LogP contribution is 2.22. The quantitative estimate of drug-likeness (QED) is 0.786. The third kappa shape index (κ3) is 2.66. The maximum Gasteiger partial charge on any atom is 0.255 e. The van der Waals surface area contributed by atoms with E-state index in [1.807, 2.05) is 30.3 Å². The number of methoxy groups -OCH3 is 1. The van der Waals surface area contributed by atoms with Crippen LogP contribution in [0.5, 0.6) is 5.75 Å². The first-order valence-electron chi connectivity index (χ1n) is 6.38. The molecule has 0 radical (unpaired) electrons. The van der Waals surface area contributed by atoms with Crippen molar-refractivity contribution in [3.05, 3.63) is 42.7 Å². The van der Waals surface area contributed by atoms with E-state index in [1.165, 1.54) is 0 Å². The van der Waals surface area contributed by atoms with Crippen molar-refractivity contribution < 1.29 is 4.74 Å². The smallest absolute Gasteiger partial charge is 0.255 e. The highest BCUT2D eigenvalue weighted by atomic mass is 16.5. The van der Waals surface area contributed by atoms with Crippen LogP contribution in [-0.2, 0) is 0 Å². The van der Waals surface area contributed by atoms with Gasteiger partial charge in [-0.1, -0.05) is 12.1 Å². The molecule has 0 amide bonds. The lowest BCUT2D eigenvalue weighted by atomic mass is 10.2. The zero-order valence-electron chi connectivity index (χ0n) is 11.7. The van der Waals surface area contributed by atoms with Crippen LogP contribution >= 0.6 is 0 Å². The molecule has 0 fully saturated rings. The molecule has 0 aliphatic carbocycles. The molecule has 0 saturated heterocycles. The van der Waals surface area contributed by atoms with Crippen molar-refractivity contribution in [2.75, 3.05) is 19.5 Å². The summed E-state index contributed by atoms with van der Waals surface area (Å²) in [7, 11) is 3.39. The molecule has 0 atom stereocenters. The first kappa shape index (κ1) is 13.0. The molecule has 21 heavy (non-hydrogen) atoms. The fourth-order valence-electron chi connectivity index (χ4n) is 1.86. The SMILES string of the molecule is CNc1nc(-c2cccc(OC)c2)nc(-n2cccn2)n1. The Balaban J connectivity index is 2.11. The summed E-state index contributed by atoms with van der Waals surface area (Å²) in [5, 5.41) is 7.08. The number of nitrogens with one attached hydrogen (secondary N) is 1. The number of hydrogen-bond donors (Lipinski definition) is 1. The van der Waals surface area contributed by atoms with Crippen LogP contribution in [0.15, 0.2) is 42.7 Å². The molecule has 7 heteroatoms. The molecule has 3 aromatic rings. The van der Waals surface area contributed by atoms with Crippen molar-refractivity contribution in [2.45, 2.75) is 0 Å². The van der Waals surface area contributed by atoms with Gasteiger partial charge in [0, 0.05) is 25.0 Å². The van der Waals surface area contributed by atoms with Gasteiger partial charge in [0.15, 0.2) is 5.82 Å². The van der Waals surface area contributed by atoms with Gasteiger partial charge >= 0.3 is 0 Å². The Morgan fingerprint density at radius 2 is 2.05 bits per heavy atom. The van der Waals surface area contributed by atoms with Crippen LogP contribution in [0, 0.1) is 0 Å². The molecule has 0 aliphatic heterocycles. The van der Waals surface area contributed by atoms with E-state index in [4.69, 9.17) is 4.74 Å². The summed E-state index contributed by atoms with van der Waals surface area (Å²) < 4.78 is 6.82. The normalized spacial score (nSPS) is 10.4. The fraction of sp³-hybridized carbons (Fsp3) is 0.143. The summed E-state index contributed by atoms with van der Waals surface area (Å²) in [4.78, 5) is 13.1. The number of anilines is 1. The van der Waals surface area contributed by atoms with Crippen molar-refractivity contribution in [3.8, 4) is 23.1 Å². The van der Waals surface area contributed by atoms with Gasteiger partial charge in [0.05, 0.1) is 7.11 Å². The Morgan fingerprint density at radius 1 is 1.14 bits per heavy atom. The van der Waals surface area contributed by atoms with Crippen molar-refractivity contribution >= 4 is 5.95 Å². The third-order valence-electron chi connectivity index (χ3n) is 2.88. The first-order chi connectivity index (χ1) is 10.3. The fourth-order valence-corrected chi connectivity index (χ4v) is 1.86. The van der Waals surface area contributed by atoms with E-state index in [0.717, 1.165) is 11.3 Å². The lowest BCUT2D eigenvalue weighted by Gasteiger charge is -2.07. The number of aromatic nitrogens is 5. The average Bonchev–Trinajstić information content (AvgIpc) is 3.09. The summed E-state index contributed by atoms with van der Waals surface area (Å²) in [6.45, 7) is 0. The first-order valence-corrected chi connectivity index (χ1v) is 6.38. The highest BCUT2D eigenvalue weighted by Gasteiger charge is 2.10. The monoisotopic (exact) mass is 282 g/mol. The van der Waals surface area contributed by atoms with Gasteiger partial charge in [0.1, 0.15) is 5.75 Å². The van der Waals surface area contributed by atoms with Gasteiger partial charge in [-0.3, -0.25) is 0 Å².